The van der Waals surface area contributed by atoms with Crippen LogP contribution < -0.4 is 10.1 Å². The minimum Gasteiger partial charge on any atom is -0.492 e. The average molecular weight is 221 g/mol. The zero-order chi connectivity index (χ0) is 10.1. The van der Waals surface area contributed by atoms with Crippen molar-refractivity contribution in [1.29, 1.82) is 0 Å². The number of fused-ring (bicyclic) bond motifs is 3. The largest absolute Gasteiger partial charge is 0.492 e. The number of para-hydroxylation sites is 1. The van der Waals surface area contributed by atoms with E-state index in [4.69, 9.17) is 4.74 Å². The molecule has 1 fully saturated rings. The van der Waals surface area contributed by atoms with E-state index >= 15 is 0 Å². The molecule has 3 heteroatoms. The van der Waals surface area contributed by atoms with Gasteiger partial charge in [0.05, 0.1) is 11.3 Å². The molecule has 1 N–H and O–H groups in total. The molecule has 1 saturated heterocycles. The molecule has 0 bridgehead atoms. The normalized spacial score (nSPS) is 29.6. The molecule has 0 aromatic heterocycles. The van der Waals surface area contributed by atoms with Crippen LogP contribution in [0.4, 0.5) is 0 Å². The first-order chi connectivity index (χ1) is 7.45. The SMILES string of the molecule is c1ccc2c(c1)OCC1SCCCNC21. The van der Waals surface area contributed by atoms with Crippen molar-refractivity contribution in [2.24, 2.45) is 0 Å². The van der Waals surface area contributed by atoms with Gasteiger partial charge in [-0.2, -0.15) is 11.8 Å². The van der Waals surface area contributed by atoms with Crippen LogP contribution in [0.3, 0.4) is 0 Å². The molecule has 80 valence electrons. The molecule has 1 aromatic carbocycles. The van der Waals surface area contributed by atoms with Gasteiger partial charge in [-0.15, -0.1) is 0 Å². The molecular weight excluding hydrogens is 206 g/mol. The number of benzene rings is 1. The van der Waals surface area contributed by atoms with Crippen molar-refractivity contribution < 1.29 is 4.74 Å². The third-order valence-electron chi connectivity index (χ3n) is 3.05. The Morgan fingerprint density at radius 2 is 2.27 bits per heavy atom. The van der Waals surface area contributed by atoms with Gasteiger partial charge in [-0.3, -0.25) is 0 Å². The van der Waals surface area contributed by atoms with Crippen LogP contribution in [0.2, 0.25) is 0 Å². The second-order valence-corrected chi connectivity index (χ2v) is 5.39. The monoisotopic (exact) mass is 221 g/mol. The Hall–Kier alpha value is -0.670. The first-order valence-electron chi connectivity index (χ1n) is 5.52. The maximum absolute atomic E-state index is 5.79. The van der Waals surface area contributed by atoms with E-state index in [1.807, 2.05) is 17.8 Å². The van der Waals surface area contributed by atoms with Gasteiger partial charge in [0.1, 0.15) is 12.4 Å². The summed E-state index contributed by atoms with van der Waals surface area (Å²) in [7, 11) is 0. The molecule has 1 aromatic rings. The molecule has 2 unspecified atom stereocenters. The molecule has 2 nitrogen and oxygen atoms in total. The number of thioether (sulfide) groups is 1. The van der Waals surface area contributed by atoms with E-state index in [9.17, 15) is 0 Å². The van der Waals surface area contributed by atoms with Crippen LogP contribution in [0, 0.1) is 0 Å². The zero-order valence-electron chi connectivity index (χ0n) is 8.61. The molecule has 2 atom stereocenters. The van der Waals surface area contributed by atoms with Crippen molar-refractivity contribution in [1.82, 2.24) is 5.32 Å². The van der Waals surface area contributed by atoms with Gasteiger partial charge in [-0.1, -0.05) is 18.2 Å². The second kappa shape index (κ2) is 4.06. The molecule has 2 aliphatic heterocycles. The van der Waals surface area contributed by atoms with Crippen LogP contribution in [-0.4, -0.2) is 24.2 Å². The predicted octanol–water partition coefficient (Wildman–Crippen LogP) is 2.22. The van der Waals surface area contributed by atoms with Crippen LogP contribution in [0.5, 0.6) is 5.75 Å². The fourth-order valence-corrected chi connectivity index (χ4v) is 3.50. The van der Waals surface area contributed by atoms with Crippen LogP contribution in [0.25, 0.3) is 0 Å². The minimum absolute atomic E-state index is 0.488. The number of rotatable bonds is 0. The highest BCUT2D eigenvalue weighted by Gasteiger charge is 2.31. The Kier molecular flexibility index (Phi) is 2.59. The van der Waals surface area contributed by atoms with Crippen molar-refractivity contribution in [2.45, 2.75) is 17.7 Å². The first-order valence-corrected chi connectivity index (χ1v) is 6.57. The molecule has 0 radical (unpaired) electrons. The Morgan fingerprint density at radius 1 is 1.33 bits per heavy atom. The maximum Gasteiger partial charge on any atom is 0.124 e. The summed E-state index contributed by atoms with van der Waals surface area (Å²) in [6, 6.07) is 8.89. The third kappa shape index (κ3) is 1.74. The van der Waals surface area contributed by atoms with Gasteiger partial charge >= 0.3 is 0 Å². The lowest BCUT2D eigenvalue weighted by Crippen LogP contribution is -2.36. The second-order valence-electron chi connectivity index (χ2n) is 4.04. The first kappa shape index (κ1) is 9.55. The Bertz CT molecular complexity index is 355. The lowest BCUT2D eigenvalue weighted by Gasteiger charge is -2.32. The van der Waals surface area contributed by atoms with Gasteiger partial charge in [0.15, 0.2) is 0 Å². The highest BCUT2D eigenvalue weighted by atomic mass is 32.2. The topological polar surface area (TPSA) is 21.3 Å². The number of hydrogen-bond donors (Lipinski definition) is 1. The summed E-state index contributed by atoms with van der Waals surface area (Å²) in [5, 5.41) is 4.22. The lowest BCUT2D eigenvalue weighted by molar-refractivity contribution is 0.262. The summed E-state index contributed by atoms with van der Waals surface area (Å²) in [4.78, 5) is 0. The molecule has 0 saturated carbocycles. The summed E-state index contributed by atoms with van der Waals surface area (Å²) >= 11 is 2.04. The highest BCUT2D eigenvalue weighted by molar-refractivity contribution is 7.99. The summed E-state index contributed by atoms with van der Waals surface area (Å²) < 4.78 is 5.79. The summed E-state index contributed by atoms with van der Waals surface area (Å²) in [6.07, 6.45) is 1.26. The van der Waals surface area contributed by atoms with E-state index < -0.39 is 0 Å². The lowest BCUT2D eigenvalue weighted by atomic mass is 10.0. The van der Waals surface area contributed by atoms with Gasteiger partial charge in [0.25, 0.3) is 0 Å². The van der Waals surface area contributed by atoms with Crippen molar-refractivity contribution in [2.75, 3.05) is 18.9 Å². The number of hydrogen-bond acceptors (Lipinski definition) is 3. The van der Waals surface area contributed by atoms with E-state index in [1.54, 1.807) is 0 Å². The number of ether oxygens (including phenoxy) is 1. The van der Waals surface area contributed by atoms with E-state index in [0.29, 0.717) is 11.3 Å². The van der Waals surface area contributed by atoms with E-state index in [1.165, 1.54) is 17.7 Å². The third-order valence-corrected chi connectivity index (χ3v) is 4.41. The van der Waals surface area contributed by atoms with Crippen molar-refractivity contribution in [3.63, 3.8) is 0 Å². The molecule has 2 aliphatic rings. The Labute approximate surface area is 94.4 Å². The predicted molar refractivity (Wildman–Crippen MR) is 63.5 cm³/mol. The quantitative estimate of drug-likeness (QED) is 0.726. The van der Waals surface area contributed by atoms with Crippen LogP contribution in [0.1, 0.15) is 18.0 Å². The van der Waals surface area contributed by atoms with Crippen molar-refractivity contribution in [3.05, 3.63) is 29.8 Å². The Balaban J connectivity index is 1.96. The summed E-state index contributed by atoms with van der Waals surface area (Å²) in [5.74, 6) is 2.31. The molecular formula is C12H15NOS. The van der Waals surface area contributed by atoms with Crippen molar-refractivity contribution in [3.8, 4) is 5.75 Å². The highest BCUT2D eigenvalue weighted by Crippen LogP contribution is 2.38. The maximum atomic E-state index is 5.79. The standard InChI is InChI=1S/C12H15NOS/c1-2-5-10-9(4-1)12-11(8-14-10)15-7-3-6-13-12/h1-2,4-5,11-13H,3,6-8H2. The van der Waals surface area contributed by atoms with Gasteiger partial charge in [-0.25, -0.2) is 0 Å². The van der Waals surface area contributed by atoms with Gasteiger partial charge in [0, 0.05) is 5.56 Å². The van der Waals surface area contributed by atoms with E-state index in [-0.39, 0.29) is 0 Å². The molecule has 15 heavy (non-hydrogen) atoms. The molecule has 0 spiro atoms. The average Bonchev–Trinajstić information content (AvgIpc) is 2.54. The van der Waals surface area contributed by atoms with Gasteiger partial charge < -0.3 is 10.1 Å². The zero-order valence-corrected chi connectivity index (χ0v) is 9.43. The van der Waals surface area contributed by atoms with Gasteiger partial charge in [0.2, 0.25) is 0 Å². The minimum atomic E-state index is 0.488. The molecule has 0 amide bonds. The summed E-state index contributed by atoms with van der Waals surface area (Å²) in [6.45, 7) is 1.97. The molecule has 0 aliphatic carbocycles. The van der Waals surface area contributed by atoms with Crippen molar-refractivity contribution >= 4 is 11.8 Å². The van der Waals surface area contributed by atoms with Gasteiger partial charge in [-0.05, 0) is 24.8 Å². The van der Waals surface area contributed by atoms with Crippen LogP contribution in [-0.2, 0) is 0 Å². The number of nitrogens with one attached hydrogen (secondary N) is 1. The molecule has 3 rings (SSSR count). The van der Waals surface area contributed by atoms with Crippen LogP contribution >= 0.6 is 11.8 Å². The fraction of sp³-hybridized carbons (Fsp3) is 0.500. The molecule has 2 heterocycles. The Morgan fingerprint density at radius 3 is 3.27 bits per heavy atom. The van der Waals surface area contributed by atoms with E-state index in [0.717, 1.165) is 18.9 Å². The van der Waals surface area contributed by atoms with E-state index in [2.05, 4.69) is 23.5 Å². The summed E-state index contributed by atoms with van der Waals surface area (Å²) in [5.41, 5.74) is 1.34. The smallest absolute Gasteiger partial charge is 0.124 e. The van der Waals surface area contributed by atoms with Crippen LogP contribution in [0.15, 0.2) is 24.3 Å². The fourth-order valence-electron chi connectivity index (χ4n) is 2.29.